The lowest BCUT2D eigenvalue weighted by Gasteiger charge is -2.12. The number of nitrogen functional groups attached to an aromatic ring is 1. The number of nitrogens with two attached hydrogens (primary N) is 1. The van der Waals surface area contributed by atoms with Gasteiger partial charge in [-0.05, 0) is 55.0 Å². The normalized spacial score (nSPS) is 11.3. The van der Waals surface area contributed by atoms with Gasteiger partial charge < -0.3 is 10.5 Å². The van der Waals surface area contributed by atoms with Crippen LogP contribution in [0.25, 0.3) is 0 Å². The van der Waals surface area contributed by atoms with Gasteiger partial charge in [0.25, 0.3) is 0 Å². The molecule has 0 amide bonds. The van der Waals surface area contributed by atoms with Gasteiger partial charge >= 0.3 is 0 Å². The predicted octanol–water partition coefficient (Wildman–Crippen LogP) is 4.23. The van der Waals surface area contributed by atoms with Crippen LogP contribution in [0.2, 0.25) is 0 Å². The predicted molar refractivity (Wildman–Crippen MR) is 97.9 cm³/mol. The monoisotopic (exact) mass is 317 g/mol. The van der Waals surface area contributed by atoms with Crippen molar-refractivity contribution in [3.05, 3.63) is 83.6 Å². The molecule has 1 aromatic heterocycles. The lowest BCUT2D eigenvalue weighted by atomic mass is 9.99. The van der Waals surface area contributed by atoms with Crippen molar-refractivity contribution in [1.82, 2.24) is 4.98 Å². The lowest BCUT2D eigenvalue weighted by Crippen LogP contribution is -2.10. The van der Waals surface area contributed by atoms with Crippen LogP contribution in [0.4, 0.5) is 5.82 Å². The fourth-order valence-electron chi connectivity index (χ4n) is 2.58. The van der Waals surface area contributed by atoms with Gasteiger partial charge in [0.1, 0.15) is 17.3 Å². The van der Waals surface area contributed by atoms with Crippen molar-refractivity contribution in [1.29, 1.82) is 0 Å². The fraction of sp³-hybridized carbons (Fsp3) is 0.100. The van der Waals surface area contributed by atoms with Gasteiger partial charge in [0.15, 0.2) is 0 Å². The van der Waals surface area contributed by atoms with E-state index in [4.69, 9.17) is 10.5 Å². The maximum Gasteiger partial charge on any atom is 0.133 e. The fourth-order valence-corrected chi connectivity index (χ4v) is 2.58. The summed E-state index contributed by atoms with van der Waals surface area (Å²) in [5, 5.41) is 0. The maximum absolute atomic E-state index is 6.05. The van der Waals surface area contributed by atoms with Crippen LogP contribution < -0.4 is 10.5 Å². The molecule has 0 saturated carbocycles. The van der Waals surface area contributed by atoms with E-state index >= 15 is 0 Å². The second-order valence-electron chi connectivity index (χ2n) is 5.40. The first kappa shape index (κ1) is 15.7. The second kappa shape index (κ2) is 6.96. The molecule has 0 atom stereocenters. The molecule has 24 heavy (non-hydrogen) atoms. The van der Waals surface area contributed by atoms with E-state index in [1.807, 2.05) is 67.6 Å². The second-order valence-corrected chi connectivity index (χ2v) is 5.40. The maximum atomic E-state index is 6.05. The molecule has 0 spiro atoms. The summed E-state index contributed by atoms with van der Waals surface area (Å²) in [7, 11) is 1.76. The van der Waals surface area contributed by atoms with Crippen LogP contribution in [-0.2, 0) is 0 Å². The summed E-state index contributed by atoms with van der Waals surface area (Å²) < 4.78 is 5.82. The highest BCUT2D eigenvalue weighted by Gasteiger charge is 2.13. The average molecular weight is 317 g/mol. The molecule has 4 heteroatoms. The molecular weight excluding hydrogens is 298 g/mol. The van der Waals surface area contributed by atoms with E-state index in [1.54, 1.807) is 13.2 Å². The molecule has 1 heterocycles. The number of aromatic nitrogens is 1. The standard InChI is InChI=1S/C20H19N3O/c1-14-12-13-23-20(21)18(14)19(22-2)15-8-10-17(11-9-15)24-16-6-4-3-5-7-16/h3-13H,1-2H3,(H2,21,23). The Hall–Kier alpha value is -3.14. The van der Waals surface area contributed by atoms with Gasteiger partial charge in [-0.15, -0.1) is 0 Å². The number of ether oxygens (including phenoxy) is 1. The number of pyridine rings is 1. The lowest BCUT2D eigenvalue weighted by molar-refractivity contribution is 0.482. The van der Waals surface area contributed by atoms with Crippen molar-refractivity contribution in [2.45, 2.75) is 6.92 Å². The number of nitrogens with zero attached hydrogens (tertiary/aromatic N) is 2. The van der Waals surface area contributed by atoms with E-state index in [2.05, 4.69) is 9.98 Å². The molecule has 0 fully saturated rings. The molecule has 0 aliphatic heterocycles. The highest BCUT2D eigenvalue weighted by atomic mass is 16.5. The number of aliphatic imine (C=N–C) groups is 1. The molecule has 0 aliphatic rings. The zero-order valence-corrected chi connectivity index (χ0v) is 13.7. The smallest absolute Gasteiger partial charge is 0.133 e. The molecule has 4 nitrogen and oxygen atoms in total. The molecule has 0 radical (unpaired) electrons. The Labute approximate surface area is 141 Å². The van der Waals surface area contributed by atoms with Crippen molar-refractivity contribution in [2.75, 3.05) is 12.8 Å². The van der Waals surface area contributed by atoms with Crippen molar-refractivity contribution in [3.8, 4) is 11.5 Å². The number of hydrogen-bond donors (Lipinski definition) is 1. The molecule has 0 unspecified atom stereocenters. The zero-order chi connectivity index (χ0) is 16.9. The number of hydrogen-bond acceptors (Lipinski definition) is 4. The van der Waals surface area contributed by atoms with Crippen LogP contribution >= 0.6 is 0 Å². The molecule has 0 aliphatic carbocycles. The number of para-hydroxylation sites is 1. The van der Waals surface area contributed by atoms with Gasteiger partial charge in [-0.3, -0.25) is 4.99 Å². The van der Waals surface area contributed by atoms with Gasteiger partial charge in [-0.1, -0.05) is 18.2 Å². The zero-order valence-electron chi connectivity index (χ0n) is 13.7. The van der Waals surface area contributed by atoms with Crippen molar-refractivity contribution < 1.29 is 4.74 Å². The topological polar surface area (TPSA) is 60.5 Å². The van der Waals surface area contributed by atoms with Gasteiger partial charge in [-0.2, -0.15) is 0 Å². The summed E-state index contributed by atoms with van der Waals surface area (Å²) in [4.78, 5) is 8.60. The number of rotatable bonds is 4. The van der Waals surface area contributed by atoms with Crippen LogP contribution in [0.1, 0.15) is 16.7 Å². The van der Waals surface area contributed by atoms with E-state index in [0.717, 1.165) is 33.9 Å². The van der Waals surface area contributed by atoms with E-state index < -0.39 is 0 Å². The summed E-state index contributed by atoms with van der Waals surface area (Å²) in [6.45, 7) is 2.01. The van der Waals surface area contributed by atoms with Crippen LogP contribution in [-0.4, -0.2) is 17.7 Å². The largest absolute Gasteiger partial charge is 0.457 e. The summed E-state index contributed by atoms with van der Waals surface area (Å²) >= 11 is 0. The third-order valence-electron chi connectivity index (χ3n) is 3.76. The molecule has 0 saturated heterocycles. The third-order valence-corrected chi connectivity index (χ3v) is 3.76. The Bertz CT molecular complexity index is 836. The Morgan fingerprint density at radius 1 is 0.958 bits per heavy atom. The van der Waals surface area contributed by atoms with Crippen LogP contribution in [0.3, 0.4) is 0 Å². The molecule has 0 bridgehead atoms. The first-order valence-electron chi connectivity index (χ1n) is 7.70. The summed E-state index contributed by atoms with van der Waals surface area (Å²) in [5.74, 6) is 2.07. The summed E-state index contributed by atoms with van der Waals surface area (Å²) in [6.07, 6.45) is 1.71. The minimum Gasteiger partial charge on any atom is -0.457 e. The van der Waals surface area contributed by atoms with Gasteiger partial charge in [0, 0.05) is 24.4 Å². The first-order chi connectivity index (χ1) is 11.7. The highest BCUT2D eigenvalue weighted by molar-refractivity contribution is 6.16. The molecule has 2 aromatic carbocycles. The van der Waals surface area contributed by atoms with Gasteiger partial charge in [0.2, 0.25) is 0 Å². The minimum absolute atomic E-state index is 0.486. The number of benzene rings is 2. The van der Waals surface area contributed by atoms with Crippen LogP contribution in [0, 0.1) is 6.92 Å². The van der Waals surface area contributed by atoms with Crippen LogP contribution in [0.5, 0.6) is 11.5 Å². The average Bonchev–Trinajstić information content (AvgIpc) is 2.60. The first-order valence-corrected chi connectivity index (χ1v) is 7.70. The Morgan fingerprint density at radius 2 is 1.62 bits per heavy atom. The van der Waals surface area contributed by atoms with E-state index in [-0.39, 0.29) is 0 Å². The molecular formula is C20H19N3O. The van der Waals surface area contributed by atoms with E-state index in [9.17, 15) is 0 Å². The Kier molecular flexibility index (Phi) is 4.57. The SMILES string of the molecule is CN=C(c1ccc(Oc2ccccc2)cc1)c1c(C)ccnc1N. The minimum atomic E-state index is 0.486. The quantitative estimate of drug-likeness (QED) is 0.732. The highest BCUT2D eigenvalue weighted by Crippen LogP contribution is 2.24. The van der Waals surface area contributed by atoms with Crippen molar-refractivity contribution >= 4 is 11.5 Å². The van der Waals surface area contributed by atoms with Crippen molar-refractivity contribution in [3.63, 3.8) is 0 Å². The molecule has 120 valence electrons. The van der Waals surface area contributed by atoms with Crippen LogP contribution in [0.15, 0.2) is 71.9 Å². The molecule has 3 aromatic rings. The van der Waals surface area contributed by atoms with Gasteiger partial charge in [0.05, 0.1) is 5.71 Å². The van der Waals surface area contributed by atoms with Crippen molar-refractivity contribution in [2.24, 2.45) is 4.99 Å². The Morgan fingerprint density at radius 3 is 2.25 bits per heavy atom. The molecule has 3 rings (SSSR count). The van der Waals surface area contributed by atoms with Gasteiger partial charge in [-0.25, -0.2) is 4.98 Å². The van der Waals surface area contributed by atoms with E-state index in [1.165, 1.54) is 0 Å². The third kappa shape index (κ3) is 3.27. The number of aryl methyl sites for hydroxylation is 1. The molecule has 2 N–H and O–H groups in total. The summed E-state index contributed by atoms with van der Waals surface area (Å²) in [6, 6.07) is 19.4. The Balaban J connectivity index is 1.89. The number of anilines is 1. The summed E-state index contributed by atoms with van der Waals surface area (Å²) in [5.41, 5.74) is 9.77. The van der Waals surface area contributed by atoms with E-state index in [0.29, 0.717) is 5.82 Å².